The Morgan fingerprint density at radius 3 is 1.78 bits per heavy atom. The number of amides is 2. The summed E-state index contributed by atoms with van der Waals surface area (Å²) in [7, 11) is 0. The molecule has 8 heteroatoms. The van der Waals surface area contributed by atoms with E-state index in [1.54, 1.807) is 22.2 Å². The maximum Gasteiger partial charge on any atom is 0.254 e. The maximum absolute atomic E-state index is 12.9. The largest absolute Gasteiger partial charge is 0.412 e. The third kappa shape index (κ3) is 3.85. The van der Waals surface area contributed by atoms with Gasteiger partial charge in [0, 0.05) is 37.3 Å². The molecule has 2 N–H and O–H groups in total. The average Bonchev–Trinajstić information content (AvgIpc) is 3.44. The fraction of sp³-hybridized carbons (Fsp3) is 0.292. The third-order valence-corrected chi connectivity index (χ3v) is 6.23. The standard InChI is InChI=1S/C24H24N4O4/c29-22(26-11-13-27(14-12-26)23(30)24(31)9-10-24)20-7-5-18(6-8-20)17-1-3-19(4-2-17)21-15-25-28(32)16-21/h1-8,15-16,31-32H,9-14H2. The Morgan fingerprint density at radius 2 is 1.28 bits per heavy atom. The molecule has 1 aliphatic heterocycles. The minimum atomic E-state index is -1.15. The Labute approximate surface area is 185 Å². The first-order chi connectivity index (χ1) is 15.4. The number of hydrogen-bond acceptors (Lipinski definition) is 5. The van der Waals surface area contributed by atoms with Gasteiger partial charge in [-0.2, -0.15) is 0 Å². The van der Waals surface area contributed by atoms with Crippen LogP contribution >= 0.6 is 0 Å². The fourth-order valence-corrected chi connectivity index (χ4v) is 4.04. The molecule has 0 radical (unpaired) electrons. The monoisotopic (exact) mass is 432 g/mol. The summed E-state index contributed by atoms with van der Waals surface area (Å²) in [6, 6.07) is 15.4. The molecular formula is C24H24N4O4. The van der Waals surface area contributed by atoms with E-state index in [2.05, 4.69) is 5.10 Å². The van der Waals surface area contributed by atoms with Gasteiger partial charge in [0.25, 0.3) is 11.8 Å². The predicted molar refractivity (Wildman–Crippen MR) is 117 cm³/mol. The lowest BCUT2D eigenvalue weighted by atomic mass is 10.0. The average molecular weight is 432 g/mol. The minimum absolute atomic E-state index is 0.0508. The summed E-state index contributed by atoms with van der Waals surface area (Å²) in [5, 5.41) is 23.1. The molecule has 164 valence electrons. The van der Waals surface area contributed by atoms with Crippen LogP contribution in [-0.2, 0) is 4.79 Å². The van der Waals surface area contributed by atoms with Gasteiger partial charge in [-0.05, 0) is 41.7 Å². The van der Waals surface area contributed by atoms with E-state index in [1.165, 1.54) is 0 Å². The molecular weight excluding hydrogens is 408 g/mol. The van der Waals surface area contributed by atoms with E-state index in [0.717, 1.165) is 27.1 Å². The van der Waals surface area contributed by atoms with Crippen molar-refractivity contribution >= 4 is 11.8 Å². The van der Waals surface area contributed by atoms with Crippen LogP contribution in [0.4, 0.5) is 0 Å². The molecule has 2 aromatic carbocycles. The first-order valence-electron chi connectivity index (χ1n) is 10.7. The Morgan fingerprint density at radius 1 is 0.781 bits per heavy atom. The van der Waals surface area contributed by atoms with Crippen LogP contribution in [0.3, 0.4) is 0 Å². The second kappa shape index (κ2) is 7.80. The second-order valence-corrected chi connectivity index (χ2v) is 8.42. The topological polar surface area (TPSA) is 98.9 Å². The molecule has 1 saturated heterocycles. The SMILES string of the molecule is O=C(c1ccc(-c2ccc(-c3cnn(O)c3)cc2)cc1)N1CCN(C(=O)C2(O)CC2)CC1. The highest BCUT2D eigenvalue weighted by Gasteiger charge is 2.50. The first kappa shape index (κ1) is 20.3. The number of piperazine rings is 1. The van der Waals surface area contributed by atoms with Crippen molar-refractivity contribution in [3.8, 4) is 22.3 Å². The van der Waals surface area contributed by atoms with Crippen molar-refractivity contribution in [2.45, 2.75) is 18.4 Å². The van der Waals surface area contributed by atoms with E-state index < -0.39 is 5.60 Å². The van der Waals surface area contributed by atoms with Crippen molar-refractivity contribution in [1.82, 2.24) is 19.7 Å². The molecule has 2 aliphatic rings. The minimum Gasteiger partial charge on any atom is -0.412 e. The molecule has 0 atom stereocenters. The van der Waals surface area contributed by atoms with Crippen LogP contribution < -0.4 is 0 Å². The van der Waals surface area contributed by atoms with Crippen molar-refractivity contribution in [2.75, 3.05) is 26.2 Å². The van der Waals surface area contributed by atoms with Crippen LogP contribution in [0.15, 0.2) is 60.9 Å². The lowest BCUT2D eigenvalue weighted by Crippen LogP contribution is -2.53. The first-order valence-corrected chi connectivity index (χ1v) is 10.7. The highest BCUT2D eigenvalue weighted by atomic mass is 16.5. The molecule has 0 unspecified atom stereocenters. The van der Waals surface area contributed by atoms with Crippen LogP contribution in [0.5, 0.6) is 0 Å². The normalized spacial score (nSPS) is 17.3. The molecule has 8 nitrogen and oxygen atoms in total. The summed E-state index contributed by atoms with van der Waals surface area (Å²) < 4.78 is 0. The smallest absolute Gasteiger partial charge is 0.254 e. The van der Waals surface area contributed by atoms with Crippen LogP contribution in [0.25, 0.3) is 22.3 Å². The van der Waals surface area contributed by atoms with Gasteiger partial charge in [0.2, 0.25) is 0 Å². The number of nitrogens with zero attached hydrogens (tertiary/aromatic N) is 4. The highest BCUT2D eigenvalue weighted by molar-refractivity contribution is 5.95. The number of carbonyl (C=O) groups is 2. The lowest BCUT2D eigenvalue weighted by Gasteiger charge is -2.35. The van der Waals surface area contributed by atoms with Crippen molar-refractivity contribution in [3.05, 3.63) is 66.5 Å². The number of aromatic nitrogens is 2. The fourth-order valence-electron chi connectivity index (χ4n) is 4.04. The van der Waals surface area contributed by atoms with E-state index in [0.29, 0.717) is 44.6 Å². The predicted octanol–water partition coefficient (Wildman–Crippen LogP) is 2.26. The van der Waals surface area contributed by atoms with E-state index in [9.17, 15) is 19.9 Å². The summed E-state index contributed by atoms with van der Waals surface area (Å²) in [6.45, 7) is 1.83. The van der Waals surface area contributed by atoms with Gasteiger partial charge in [-0.3, -0.25) is 9.59 Å². The Kier molecular flexibility index (Phi) is 4.94. The van der Waals surface area contributed by atoms with Gasteiger partial charge < -0.3 is 20.1 Å². The number of aliphatic hydroxyl groups is 1. The van der Waals surface area contributed by atoms with E-state index in [-0.39, 0.29) is 11.8 Å². The van der Waals surface area contributed by atoms with Crippen molar-refractivity contribution in [1.29, 1.82) is 0 Å². The van der Waals surface area contributed by atoms with Gasteiger partial charge in [0.05, 0.1) is 12.4 Å². The molecule has 1 aliphatic carbocycles. The number of benzene rings is 2. The summed E-state index contributed by atoms with van der Waals surface area (Å²) in [5.41, 5.74) is 3.26. The van der Waals surface area contributed by atoms with Crippen LogP contribution in [0.1, 0.15) is 23.2 Å². The van der Waals surface area contributed by atoms with Crippen molar-refractivity contribution < 1.29 is 19.9 Å². The van der Waals surface area contributed by atoms with Crippen molar-refractivity contribution in [3.63, 3.8) is 0 Å². The Hall–Kier alpha value is -3.65. The summed E-state index contributed by atoms with van der Waals surface area (Å²) in [5.74, 6) is -0.254. The molecule has 1 aromatic heterocycles. The maximum atomic E-state index is 12.9. The number of hydrogen-bond donors (Lipinski definition) is 2. The van der Waals surface area contributed by atoms with Gasteiger partial charge in [-0.25, -0.2) is 0 Å². The zero-order valence-corrected chi connectivity index (χ0v) is 17.5. The Balaban J connectivity index is 1.22. The quantitative estimate of drug-likeness (QED) is 0.617. The highest BCUT2D eigenvalue weighted by Crippen LogP contribution is 2.37. The summed E-state index contributed by atoms with van der Waals surface area (Å²) in [6.07, 6.45) is 4.21. The number of carbonyl (C=O) groups excluding carboxylic acids is 2. The third-order valence-electron chi connectivity index (χ3n) is 6.23. The molecule has 32 heavy (non-hydrogen) atoms. The van der Waals surface area contributed by atoms with Gasteiger partial charge in [0.1, 0.15) is 5.60 Å². The van der Waals surface area contributed by atoms with E-state index >= 15 is 0 Å². The molecule has 2 heterocycles. The molecule has 0 bridgehead atoms. The van der Waals surface area contributed by atoms with Crippen LogP contribution in [0.2, 0.25) is 0 Å². The molecule has 3 aromatic rings. The zero-order chi connectivity index (χ0) is 22.3. The van der Waals surface area contributed by atoms with Gasteiger partial charge in [0.15, 0.2) is 0 Å². The molecule has 2 amide bonds. The molecule has 5 rings (SSSR count). The summed E-state index contributed by atoms with van der Waals surface area (Å²) in [4.78, 5) is 29.3. The number of rotatable bonds is 4. The van der Waals surface area contributed by atoms with Crippen LogP contribution in [0, 0.1) is 0 Å². The second-order valence-electron chi connectivity index (χ2n) is 8.42. The molecule has 2 fully saturated rings. The zero-order valence-electron chi connectivity index (χ0n) is 17.5. The van der Waals surface area contributed by atoms with E-state index in [1.807, 2.05) is 48.5 Å². The van der Waals surface area contributed by atoms with E-state index in [4.69, 9.17) is 0 Å². The molecule has 0 spiro atoms. The summed E-state index contributed by atoms with van der Waals surface area (Å²) >= 11 is 0. The van der Waals surface area contributed by atoms with Gasteiger partial charge in [-0.1, -0.05) is 36.4 Å². The van der Waals surface area contributed by atoms with Crippen molar-refractivity contribution in [2.24, 2.45) is 0 Å². The van der Waals surface area contributed by atoms with Crippen LogP contribution in [-0.4, -0.2) is 73.7 Å². The van der Waals surface area contributed by atoms with Gasteiger partial charge in [-0.15, -0.1) is 9.94 Å². The molecule has 1 saturated carbocycles. The Bertz CT molecular complexity index is 1140. The van der Waals surface area contributed by atoms with Gasteiger partial charge >= 0.3 is 0 Å². The lowest BCUT2D eigenvalue weighted by molar-refractivity contribution is -0.143.